The molecular weight excluding hydrogens is 877 g/mol. The number of esters is 2. The Bertz CT molecular complexity index is 1780. The second-order valence-corrected chi connectivity index (χ2v) is 21.2. The first kappa shape index (κ1) is 52.9. The van der Waals surface area contributed by atoms with Crippen LogP contribution in [0.2, 0.25) is 0 Å². The van der Waals surface area contributed by atoms with Crippen molar-refractivity contribution < 1.29 is 87.2 Å². The number of rotatable bonds is 13. The predicted molar refractivity (Wildman–Crippen MR) is 237 cm³/mol. The third-order valence-electron chi connectivity index (χ3n) is 18.0. The second-order valence-electron chi connectivity index (χ2n) is 21.2. The van der Waals surface area contributed by atoms with Crippen molar-refractivity contribution in [2.24, 2.45) is 22.7 Å². The lowest BCUT2D eigenvalue weighted by atomic mass is 9.40. The molecule has 0 amide bonds. The van der Waals surface area contributed by atoms with Crippen molar-refractivity contribution >= 4 is 11.9 Å². The van der Waals surface area contributed by atoms with E-state index in [0.29, 0.717) is 44.1 Å². The number of allylic oxidation sites excluding steroid dienone is 1. The van der Waals surface area contributed by atoms with Gasteiger partial charge in [0.1, 0.15) is 53.9 Å². The molecule has 3 saturated heterocycles. The zero-order valence-corrected chi connectivity index (χ0v) is 41.6. The number of carbonyl (C=O) groups excluding carboxylic acids is 2. The first-order chi connectivity index (χ1) is 31.5. The molecule has 3 heterocycles. The summed E-state index contributed by atoms with van der Waals surface area (Å²) in [6.45, 7) is 15.5. The van der Waals surface area contributed by atoms with E-state index in [9.17, 15) is 35.1 Å². The summed E-state index contributed by atoms with van der Waals surface area (Å²) >= 11 is 0. The summed E-state index contributed by atoms with van der Waals surface area (Å²) < 4.78 is 67.3. The summed E-state index contributed by atoms with van der Waals surface area (Å²) in [5, 5.41) is 60.0. The Morgan fingerprint density at radius 2 is 1.33 bits per heavy atom. The number of aliphatic hydroxyl groups excluding tert-OH is 2. The van der Waals surface area contributed by atoms with E-state index in [2.05, 4.69) is 6.92 Å². The molecule has 18 heteroatoms. The van der Waals surface area contributed by atoms with Gasteiger partial charge in [0.25, 0.3) is 0 Å². The van der Waals surface area contributed by atoms with Crippen molar-refractivity contribution in [1.82, 2.24) is 0 Å². The largest absolute Gasteiger partial charge is 0.462 e. The molecule has 67 heavy (non-hydrogen) atoms. The molecule has 0 radical (unpaired) electrons. The molecular formula is C49H80O18. The number of fused-ring (bicyclic) bond motifs is 5. The second kappa shape index (κ2) is 20.0. The third-order valence-corrected chi connectivity index (χ3v) is 18.0. The van der Waals surface area contributed by atoms with E-state index in [4.69, 9.17) is 52.1 Å². The van der Waals surface area contributed by atoms with Gasteiger partial charge in [-0.25, -0.2) is 4.79 Å². The average Bonchev–Trinajstić information content (AvgIpc) is 3.51. The Balaban J connectivity index is 0.989. The minimum absolute atomic E-state index is 0.0282. The molecule has 18 nitrogen and oxygen atoms in total. The highest BCUT2D eigenvalue weighted by atomic mass is 16.8. The summed E-state index contributed by atoms with van der Waals surface area (Å²) in [6, 6.07) is 0. The molecule has 0 bridgehead atoms. The first-order valence-electron chi connectivity index (χ1n) is 24.5. The molecule has 7 aliphatic rings. The maximum atomic E-state index is 13.0. The van der Waals surface area contributed by atoms with E-state index in [0.717, 1.165) is 0 Å². The van der Waals surface area contributed by atoms with E-state index < -0.39 is 138 Å². The Hall–Kier alpha value is -1.88. The summed E-state index contributed by atoms with van der Waals surface area (Å²) in [4.78, 5) is 25.7. The standard InChI is InChI=1S/C49H80O18/c1-13-24(2)43(53)63-28(6)47(54)18-19-49(56)46(47,9)35(64-29(7)50)23-34-45(8)16-15-31(20-30(45)14-17-48(34,49)55)65-36-21-32(57-10)40(26(4)60-36)66-37-22-33(58-11)41(27(5)61-37)67-44-39(52)42(59-12)38(51)25(3)62-44/h13,25-28,30-42,44,51-52,54-56H,14-23H2,1-12H3/b24-13+/t25-,26-,27-,28+,30+,31+,32+,33-,34-,35-,36+,37+,38-,39-,40-,41-,42+,44+,45+,46-,47-,48+,49-/m1/s1. The van der Waals surface area contributed by atoms with Crippen molar-refractivity contribution in [2.75, 3.05) is 21.3 Å². The molecule has 0 unspecified atom stereocenters. The van der Waals surface area contributed by atoms with Crippen LogP contribution < -0.4 is 0 Å². The quantitative estimate of drug-likeness (QED) is 0.101. The summed E-state index contributed by atoms with van der Waals surface area (Å²) in [7, 11) is 4.62. The van der Waals surface area contributed by atoms with E-state index in [1.165, 1.54) is 14.0 Å². The van der Waals surface area contributed by atoms with Gasteiger partial charge in [-0.15, -0.1) is 0 Å². The number of hydrogen-bond donors (Lipinski definition) is 5. The van der Waals surface area contributed by atoms with Gasteiger partial charge in [-0.3, -0.25) is 4.79 Å². The van der Waals surface area contributed by atoms with Crippen LogP contribution in [0.25, 0.3) is 0 Å². The normalized spacial score (nSPS) is 50.6. The van der Waals surface area contributed by atoms with Gasteiger partial charge >= 0.3 is 11.9 Å². The van der Waals surface area contributed by atoms with Crippen molar-refractivity contribution in [2.45, 2.75) is 242 Å². The first-order valence-corrected chi connectivity index (χ1v) is 24.5. The van der Waals surface area contributed by atoms with Gasteiger partial charge in [-0.2, -0.15) is 0 Å². The zero-order chi connectivity index (χ0) is 49.2. The Labute approximate surface area is 395 Å². The summed E-state index contributed by atoms with van der Waals surface area (Å²) in [5.74, 6) is -1.54. The molecule has 23 atom stereocenters. The fraction of sp³-hybridized carbons (Fsp3) is 0.918. The van der Waals surface area contributed by atoms with Gasteiger partial charge in [0.05, 0.1) is 47.6 Å². The number of ether oxygens (including phenoxy) is 11. The Morgan fingerprint density at radius 1 is 0.716 bits per heavy atom. The topological polar surface area (TPSA) is 237 Å². The Kier molecular flexibility index (Phi) is 15.8. The predicted octanol–water partition coefficient (Wildman–Crippen LogP) is 3.37. The minimum atomic E-state index is -1.87. The van der Waals surface area contributed by atoms with Crippen LogP contribution in [0.1, 0.15) is 127 Å². The van der Waals surface area contributed by atoms with Gasteiger partial charge in [-0.05, 0) is 110 Å². The summed E-state index contributed by atoms with van der Waals surface area (Å²) in [6.07, 6.45) is -5.90. The molecule has 0 aromatic rings. The SMILES string of the molecule is C/C=C(\C)C(=O)O[C@@H](C)[C@]1(O)CC[C@@]2(O)[C@]1(C)[C@H](OC(C)=O)C[C@@H]1[C@@]3(C)CC[C@H](O[C@H]4C[C@H](OC)[C@H](O[C@H]5C[C@@H](OC)[C@H](O[C@@H]6O[C@H](C)[C@@H](O)[C@H](OC)[C@H]6O)[C@@H](C)O5)[C@@H](C)O4)C[C@@H]3CC[C@]12O. The zero-order valence-electron chi connectivity index (χ0n) is 41.6. The number of carbonyl (C=O) groups is 2. The highest BCUT2D eigenvalue weighted by molar-refractivity contribution is 5.87. The highest BCUT2D eigenvalue weighted by Crippen LogP contribution is 2.72. The lowest BCUT2D eigenvalue weighted by Gasteiger charge is -2.69. The van der Waals surface area contributed by atoms with Crippen LogP contribution in [0.15, 0.2) is 11.6 Å². The van der Waals surface area contributed by atoms with Crippen LogP contribution in [0.3, 0.4) is 0 Å². The molecule has 7 fully saturated rings. The molecule has 384 valence electrons. The maximum absolute atomic E-state index is 13.0. The Morgan fingerprint density at radius 3 is 1.91 bits per heavy atom. The van der Waals surface area contributed by atoms with Crippen LogP contribution in [0, 0.1) is 22.7 Å². The molecule has 4 aliphatic carbocycles. The lowest BCUT2D eigenvalue weighted by Crippen LogP contribution is -2.79. The third kappa shape index (κ3) is 8.97. The smallest absolute Gasteiger partial charge is 0.333 e. The lowest BCUT2D eigenvalue weighted by molar-refractivity contribution is -0.353. The van der Waals surface area contributed by atoms with E-state index in [1.807, 2.05) is 13.8 Å². The van der Waals surface area contributed by atoms with Gasteiger partial charge in [-0.1, -0.05) is 19.9 Å². The molecule has 0 aromatic heterocycles. The van der Waals surface area contributed by atoms with Gasteiger partial charge in [0.15, 0.2) is 18.9 Å². The molecule has 4 saturated carbocycles. The average molecular weight is 957 g/mol. The van der Waals surface area contributed by atoms with Crippen LogP contribution >= 0.6 is 0 Å². The number of hydrogen-bond acceptors (Lipinski definition) is 18. The highest BCUT2D eigenvalue weighted by Gasteiger charge is 2.82. The van der Waals surface area contributed by atoms with Gasteiger partial charge in [0.2, 0.25) is 0 Å². The van der Waals surface area contributed by atoms with Gasteiger partial charge < -0.3 is 77.6 Å². The van der Waals surface area contributed by atoms with Crippen LogP contribution in [0.4, 0.5) is 0 Å². The van der Waals surface area contributed by atoms with Crippen molar-refractivity contribution in [3.8, 4) is 0 Å². The van der Waals surface area contributed by atoms with E-state index in [1.54, 1.807) is 54.9 Å². The maximum Gasteiger partial charge on any atom is 0.333 e. The van der Waals surface area contributed by atoms with Crippen molar-refractivity contribution in [1.29, 1.82) is 0 Å². The fourth-order valence-corrected chi connectivity index (χ4v) is 13.8. The fourth-order valence-electron chi connectivity index (χ4n) is 13.8. The van der Waals surface area contributed by atoms with E-state index in [-0.39, 0.29) is 37.7 Å². The number of aliphatic hydroxyl groups is 5. The minimum Gasteiger partial charge on any atom is -0.462 e. The monoisotopic (exact) mass is 957 g/mol. The molecule has 5 N–H and O–H groups in total. The number of methoxy groups -OCH3 is 3. The van der Waals surface area contributed by atoms with Crippen molar-refractivity contribution in [3.63, 3.8) is 0 Å². The molecule has 7 rings (SSSR count). The van der Waals surface area contributed by atoms with Crippen molar-refractivity contribution in [3.05, 3.63) is 11.6 Å². The van der Waals surface area contributed by atoms with Gasteiger partial charge in [0, 0.05) is 46.7 Å². The van der Waals surface area contributed by atoms with E-state index >= 15 is 0 Å². The van der Waals surface area contributed by atoms with Crippen LogP contribution in [-0.2, 0) is 61.7 Å². The molecule has 3 aliphatic heterocycles. The molecule has 0 spiro atoms. The van der Waals surface area contributed by atoms with Crippen LogP contribution in [0.5, 0.6) is 0 Å². The summed E-state index contributed by atoms with van der Waals surface area (Å²) in [5.41, 5.74) is -7.00. The van der Waals surface area contributed by atoms with Crippen LogP contribution in [-0.4, -0.2) is 174 Å². The molecule has 0 aromatic carbocycles.